The average molecular weight is 465 g/mol. The van der Waals surface area contributed by atoms with Gasteiger partial charge in [0, 0.05) is 19.0 Å². The molecular formula is C22H27F3N6S. The zero-order valence-electron chi connectivity index (χ0n) is 18.4. The van der Waals surface area contributed by atoms with Crippen LogP contribution in [0.5, 0.6) is 0 Å². The van der Waals surface area contributed by atoms with E-state index in [0.717, 1.165) is 15.8 Å². The topological polar surface area (TPSA) is 63.5 Å². The third-order valence-corrected chi connectivity index (χ3v) is 6.04. The molecule has 3 heterocycles. The van der Waals surface area contributed by atoms with Crippen LogP contribution in [-0.4, -0.2) is 30.7 Å². The van der Waals surface area contributed by atoms with Crippen LogP contribution in [0.4, 0.5) is 19.0 Å². The highest BCUT2D eigenvalue weighted by atomic mass is 32.1. The van der Waals surface area contributed by atoms with Crippen LogP contribution in [0.3, 0.4) is 0 Å². The molecule has 0 aliphatic carbocycles. The minimum atomic E-state index is -4.43. The molecule has 0 bridgehead atoms. The van der Waals surface area contributed by atoms with Crippen molar-refractivity contribution in [2.24, 2.45) is 5.92 Å². The molecule has 2 aromatic heterocycles. The van der Waals surface area contributed by atoms with Crippen LogP contribution in [-0.2, 0) is 6.54 Å². The molecule has 0 spiro atoms. The first-order valence-corrected chi connectivity index (χ1v) is 11.1. The number of benzene rings is 1. The SMILES string of the molecule is CC(C)Cn1c(-c2cc3n(n2)[C@@H](C(F)(F)F)C[C@@H](c2ccc(C(C)C)cc2)N3)n[nH]c1=S. The molecule has 4 rings (SSSR count). The van der Waals surface area contributed by atoms with E-state index in [9.17, 15) is 13.2 Å². The van der Waals surface area contributed by atoms with Crippen molar-refractivity contribution in [1.29, 1.82) is 0 Å². The Balaban J connectivity index is 1.73. The second-order valence-corrected chi connectivity index (χ2v) is 9.41. The highest BCUT2D eigenvalue weighted by Gasteiger charge is 2.46. The molecular weight excluding hydrogens is 437 g/mol. The van der Waals surface area contributed by atoms with E-state index in [0.29, 0.717) is 34.6 Å². The summed E-state index contributed by atoms with van der Waals surface area (Å²) in [5.41, 5.74) is 2.32. The lowest BCUT2D eigenvalue weighted by atomic mass is 9.94. The van der Waals surface area contributed by atoms with Crippen molar-refractivity contribution < 1.29 is 13.2 Å². The smallest absolute Gasteiger partial charge is 0.363 e. The molecule has 0 radical (unpaired) electrons. The predicted octanol–water partition coefficient (Wildman–Crippen LogP) is 6.24. The zero-order chi connectivity index (χ0) is 23.2. The number of fused-ring (bicyclic) bond motifs is 1. The van der Waals surface area contributed by atoms with Crippen LogP contribution >= 0.6 is 12.2 Å². The average Bonchev–Trinajstić information content (AvgIpc) is 3.29. The van der Waals surface area contributed by atoms with E-state index < -0.39 is 18.3 Å². The summed E-state index contributed by atoms with van der Waals surface area (Å²) >= 11 is 5.31. The Morgan fingerprint density at radius 3 is 2.44 bits per heavy atom. The molecule has 0 amide bonds. The Hall–Kier alpha value is -2.62. The molecule has 6 nitrogen and oxygen atoms in total. The van der Waals surface area contributed by atoms with Crippen molar-refractivity contribution in [1.82, 2.24) is 24.5 Å². The monoisotopic (exact) mass is 464 g/mol. The number of aromatic amines is 1. The summed E-state index contributed by atoms with van der Waals surface area (Å²) in [5, 5.41) is 14.5. The number of nitrogens with one attached hydrogen (secondary N) is 2. The number of rotatable bonds is 5. The van der Waals surface area contributed by atoms with Crippen LogP contribution in [0.2, 0.25) is 0 Å². The van der Waals surface area contributed by atoms with Gasteiger partial charge in [-0.25, -0.2) is 4.68 Å². The minimum Gasteiger partial charge on any atom is -0.363 e. The first-order valence-electron chi connectivity index (χ1n) is 10.7. The third-order valence-electron chi connectivity index (χ3n) is 5.73. The van der Waals surface area contributed by atoms with Gasteiger partial charge in [-0.05, 0) is 35.2 Å². The van der Waals surface area contributed by atoms with E-state index in [4.69, 9.17) is 12.2 Å². The number of hydrogen-bond donors (Lipinski definition) is 2. The number of halogens is 3. The van der Waals surface area contributed by atoms with E-state index in [1.807, 2.05) is 38.1 Å². The number of hydrogen-bond acceptors (Lipinski definition) is 4. The van der Waals surface area contributed by atoms with Gasteiger partial charge in [-0.3, -0.25) is 9.67 Å². The number of nitrogens with zero attached hydrogens (tertiary/aromatic N) is 4. The first-order chi connectivity index (χ1) is 15.0. The number of alkyl halides is 3. The summed E-state index contributed by atoms with van der Waals surface area (Å²) < 4.78 is 45.3. The van der Waals surface area contributed by atoms with Crippen LogP contribution in [0.25, 0.3) is 11.5 Å². The molecule has 3 aromatic rings. The molecule has 0 unspecified atom stereocenters. The lowest BCUT2D eigenvalue weighted by Crippen LogP contribution is -2.35. The molecule has 0 fully saturated rings. The summed E-state index contributed by atoms with van der Waals surface area (Å²) in [7, 11) is 0. The van der Waals surface area contributed by atoms with Gasteiger partial charge in [-0.1, -0.05) is 52.0 Å². The number of H-pyrrole nitrogens is 1. The molecule has 1 aliphatic rings. The van der Waals surface area contributed by atoms with Crippen molar-refractivity contribution in [2.45, 2.75) is 64.8 Å². The van der Waals surface area contributed by atoms with Gasteiger partial charge in [0.2, 0.25) is 0 Å². The van der Waals surface area contributed by atoms with Crippen molar-refractivity contribution in [3.63, 3.8) is 0 Å². The maximum absolute atomic E-state index is 14.0. The maximum Gasteiger partial charge on any atom is 0.410 e. The van der Waals surface area contributed by atoms with Crippen molar-refractivity contribution >= 4 is 18.0 Å². The lowest BCUT2D eigenvalue weighted by Gasteiger charge is -2.33. The molecule has 172 valence electrons. The Bertz CT molecular complexity index is 1140. The van der Waals surface area contributed by atoms with E-state index in [1.165, 1.54) is 0 Å². The van der Waals surface area contributed by atoms with E-state index in [1.54, 1.807) is 10.6 Å². The van der Waals surface area contributed by atoms with Gasteiger partial charge in [0.15, 0.2) is 16.6 Å². The number of aromatic nitrogens is 5. The van der Waals surface area contributed by atoms with Gasteiger partial charge >= 0.3 is 6.18 Å². The second-order valence-electron chi connectivity index (χ2n) is 9.03. The van der Waals surface area contributed by atoms with E-state index in [2.05, 4.69) is 34.5 Å². The van der Waals surface area contributed by atoms with Crippen LogP contribution in [0.1, 0.15) is 63.2 Å². The Labute approximate surface area is 189 Å². The summed E-state index contributed by atoms with van der Waals surface area (Å²) in [4.78, 5) is 0. The van der Waals surface area contributed by atoms with Crippen molar-refractivity contribution in [3.8, 4) is 11.5 Å². The molecule has 32 heavy (non-hydrogen) atoms. The molecule has 0 saturated heterocycles. The highest BCUT2D eigenvalue weighted by Crippen LogP contribution is 2.44. The fourth-order valence-corrected chi connectivity index (χ4v) is 4.27. The van der Waals surface area contributed by atoms with Crippen molar-refractivity contribution in [2.75, 3.05) is 5.32 Å². The summed E-state index contributed by atoms with van der Waals surface area (Å²) in [6.45, 7) is 8.83. The zero-order valence-corrected chi connectivity index (χ0v) is 19.3. The highest BCUT2D eigenvalue weighted by molar-refractivity contribution is 7.71. The van der Waals surface area contributed by atoms with Gasteiger partial charge in [0.1, 0.15) is 11.5 Å². The van der Waals surface area contributed by atoms with E-state index >= 15 is 0 Å². The first kappa shape index (κ1) is 22.6. The van der Waals surface area contributed by atoms with Crippen molar-refractivity contribution in [3.05, 3.63) is 46.2 Å². The molecule has 0 saturated carbocycles. The second kappa shape index (κ2) is 8.38. The summed E-state index contributed by atoms with van der Waals surface area (Å²) in [6, 6.07) is 7.17. The lowest BCUT2D eigenvalue weighted by molar-refractivity contribution is -0.173. The molecule has 10 heteroatoms. The summed E-state index contributed by atoms with van der Waals surface area (Å²) in [6.07, 6.45) is -4.57. The molecule has 2 atom stereocenters. The van der Waals surface area contributed by atoms with Gasteiger partial charge in [-0.15, -0.1) is 0 Å². The Morgan fingerprint density at radius 2 is 1.84 bits per heavy atom. The standard InChI is InChI=1S/C22H27F3N6S/c1-12(2)11-30-20(27-28-21(30)32)17-10-19-26-16(9-18(22(23,24)25)31(19)29-17)15-7-5-14(6-8-15)13(3)4/h5-8,10,12-13,16,18,26H,9,11H2,1-4H3,(H,28,32)/t16-,18+/m0/s1. The summed E-state index contributed by atoms with van der Waals surface area (Å²) in [5.74, 6) is 1.40. The fraction of sp³-hybridized carbons (Fsp3) is 0.500. The Morgan fingerprint density at radius 1 is 1.16 bits per heavy atom. The minimum absolute atomic E-state index is 0.141. The maximum atomic E-state index is 14.0. The Kier molecular flexibility index (Phi) is 5.91. The van der Waals surface area contributed by atoms with Gasteiger partial charge in [0.05, 0.1) is 6.04 Å². The molecule has 1 aromatic carbocycles. The van der Waals surface area contributed by atoms with E-state index in [-0.39, 0.29) is 12.3 Å². The van der Waals surface area contributed by atoms with Crippen LogP contribution in [0, 0.1) is 10.7 Å². The quantitative estimate of drug-likeness (QED) is 0.439. The predicted molar refractivity (Wildman–Crippen MR) is 120 cm³/mol. The number of anilines is 1. The fourth-order valence-electron chi connectivity index (χ4n) is 4.06. The third kappa shape index (κ3) is 4.32. The largest absolute Gasteiger partial charge is 0.410 e. The molecule has 2 N–H and O–H groups in total. The normalized spacial score (nSPS) is 18.8. The van der Waals surface area contributed by atoms with Gasteiger partial charge in [0.25, 0.3) is 0 Å². The molecule has 1 aliphatic heterocycles. The van der Waals surface area contributed by atoms with Gasteiger partial charge < -0.3 is 5.32 Å². The van der Waals surface area contributed by atoms with Crippen LogP contribution in [0.15, 0.2) is 30.3 Å². The van der Waals surface area contributed by atoms with Crippen LogP contribution < -0.4 is 5.32 Å². The van der Waals surface area contributed by atoms with Gasteiger partial charge in [-0.2, -0.15) is 23.4 Å².